The molecule has 26 heavy (non-hydrogen) atoms. The Hall–Kier alpha value is -2.46. The van der Waals surface area contributed by atoms with E-state index in [1.807, 2.05) is 4.72 Å². The molecule has 2 rings (SSSR count). The van der Waals surface area contributed by atoms with Crippen molar-refractivity contribution in [1.29, 1.82) is 0 Å². The zero-order chi connectivity index (χ0) is 19.5. The number of primary amides is 1. The molecule has 0 aliphatic carbocycles. The van der Waals surface area contributed by atoms with E-state index in [9.17, 15) is 26.4 Å². The molecule has 0 bridgehead atoms. The van der Waals surface area contributed by atoms with Gasteiger partial charge in [-0.25, -0.2) is 8.42 Å². The number of nitrogens with two attached hydrogens (primary N) is 1. The van der Waals surface area contributed by atoms with E-state index in [0.717, 1.165) is 24.3 Å². The Kier molecular flexibility index (Phi) is 5.67. The molecule has 0 aromatic heterocycles. The van der Waals surface area contributed by atoms with Crippen molar-refractivity contribution < 1.29 is 31.1 Å². The second-order valence-electron chi connectivity index (χ2n) is 5.02. The minimum absolute atomic E-state index is 0.172. The van der Waals surface area contributed by atoms with Gasteiger partial charge in [0.25, 0.3) is 15.9 Å². The van der Waals surface area contributed by atoms with Gasteiger partial charge in [-0.05, 0) is 42.5 Å². The van der Waals surface area contributed by atoms with E-state index in [1.165, 1.54) is 12.1 Å². The number of carbonyl (C=O) groups is 1. The maximum Gasteiger partial charge on any atom is 0.418 e. The van der Waals surface area contributed by atoms with Crippen molar-refractivity contribution in [2.24, 2.45) is 5.73 Å². The van der Waals surface area contributed by atoms with E-state index >= 15 is 0 Å². The molecule has 2 aromatic carbocycles. The third-order valence-electron chi connectivity index (χ3n) is 3.05. The van der Waals surface area contributed by atoms with Crippen LogP contribution in [-0.4, -0.2) is 20.9 Å². The number of hydrogen-bond donors (Lipinski definition) is 2. The van der Waals surface area contributed by atoms with Crippen molar-refractivity contribution in [1.82, 2.24) is 0 Å². The molecule has 6 nitrogen and oxygen atoms in total. The zero-order valence-electron chi connectivity index (χ0n) is 12.9. The maximum absolute atomic E-state index is 13.1. The third-order valence-corrected chi connectivity index (χ3v) is 4.66. The molecule has 0 fully saturated rings. The fourth-order valence-electron chi connectivity index (χ4n) is 1.91. The summed E-state index contributed by atoms with van der Waals surface area (Å²) in [4.78, 5) is 10.3. The van der Waals surface area contributed by atoms with Gasteiger partial charge in [-0.1, -0.05) is 11.6 Å². The minimum Gasteiger partial charge on any atom is -0.484 e. The topological polar surface area (TPSA) is 98.5 Å². The van der Waals surface area contributed by atoms with Crippen LogP contribution in [0, 0.1) is 0 Å². The van der Waals surface area contributed by atoms with Gasteiger partial charge in [-0.2, -0.15) is 13.2 Å². The average molecular weight is 409 g/mol. The first-order valence-electron chi connectivity index (χ1n) is 6.90. The van der Waals surface area contributed by atoms with Crippen molar-refractivity contribution in [3.8, 4) is 5.75 Å². The lowest BCUT2D eigenvalue weighted by Crippen LogP contribution is -2.20. The summed E-state index contributed by atoms with van der Waals surface area (Å²) in [6.45, 7) is -0.399. The van der Waals surface area contributed by atoms with Crippen LogP contribution in [0.5, 0.6) is 5.75 Å². The number of carbonyl (C=O) groups excluding carboxylic acids is 1. The molecule has 2 aromatic rings. The smallest absolute Gasteiger partial charge is 0.418 e. The van der Waals surface area contributed by atoms with Gasteiger partial charge in [0.1, 0.15) is 5.75 Å². The Morgan fingerprint density at radius 2 is 1.77 bits per heavy atom. The number of amides is 1. The van der Waals surface area contributed by atoms with Crippen LogP contribution < -0.4 is 15.2 Å². The average Bonchev–Trinajstić information content (AvgIpc) is 2.54. The third kappa shape index (κ3) is 5.02. The summed E-state index contributed by atoms with van der Waals surface area (Å²) in [5.41, 5.74) is 3.04. The number of ether oxygens (including phenoxy) is 1. The molecule has 0 heterocycles. The van der Waals surface area contributed by atoms with E-state index in [1.54, 1.807) is 0 Å². The number of hydrogen-bond acceptors (Lipinski definition) is 4. The molecule has 0 atom stereocenters. The van der Waals surface area contributed by atoms with Crippen LogP contribution in [0.4, 0.5) is 18.9 Å². The van der Waals surface area contributed by atoms with Crippen LogP contribution in [-0.2, 0) is 21.0 Å². The van der Waals surface area contributed by atoms with Crippen molar-refractivity contribution in [2.75, 3.05) is 11.3 Å². The predicted octanol–water partition coefficient (Wildman–Crippen LogP) is 3.02. The molecule has 0 spiro atoms. The Morgan fingerprint density at radius 3 is 2.31 bits per heavy atom. The summed E-state index contributed by atoms with van der Waals surface area (Å²) in [5.74, 6) is -0.545. The highest BCUT2D eigenvalue weighted by molar-refractivity contribution is 7.92. The summed E-state index contributed by atoms with van der Waals surface area (Å²) < 4.78 is 70.7. The fraction of sp³-hybridized carbons (Fsp3) is 0.133. The number of nitrogens with one attached hydrogen (secondary N) is 1. The van der Waals surface area contributed by atoms with Gasteiger partial charge >= 0.3 is 6.18 Å². The first kappa shape index (κ1) is 19.9. The summed E-state index contributed by atoms with van der Waals surface area (Å²) in [7, 11) is -4.30. The van der Waals surface area contributed by atoms with Crippen molar-refractivity contribution in [2.45, 2.75) is 11.1 Å². The molecule has 0 aliphatic rings. The summed E-state index contributed by atoms with van der Waals surface area (Å²) in [6, 6.07) is 7.39. The molecular weight excluding hydrogens is 397 g/mol. The van der Waals surface area contributed by atoms with Crippen molar-refractivity contribution in [3.05, 3.63) is 53.1 Å². The summed E-state index contributed by atoms with van der Waals surface area (Å²) >= 11 is 5.56. The highest BCUT2D eigenvalue weighted by Crippen LogP contribution is 2.37. The molecule has 0 radical (unpaired) electrons. The fourth-order valence-corrected chi connectivity index (χ4v) is 3.17. The number of anilines is 1. The molecule has 0 saturated carbocycles. The van der Waals surface area contributed by atoms with Crippen molar-refractivity contribution in [3.63, 3.8) is 0 Å². The van der Waals surface area contributed by atoms with Gasteiger partial charge in [-0.3, -0.25) is 9.52 Å². The van der Waals surface area contributed by atoms with Crippen LogP contribution in [0.25, 0.3) is 0 Å². The van der Waals surface area contributed by atoms with E-state index in [0.29, 0.717) is 6.07 Å². The molecule has 140 valence electrons. The second kappa shape index (κ2) is 7.42. The van der Waals surface area contributed by atoms with Gasteiger partial charge in [0.2, 0.25) is 0 Å². The highest BCUT2D eigenvalue weighted by Gasteiger charge is 2.35. The first-order valence-corrected chi connectivity index (χ1v) is 8.76. The SMILES string of the molecule is NC(=O)COc1ccc(S(=O)(=O)Nc2ccc(Cl)cc2C(F)(F)F)cc1. The van der Waals surface area contributed by atoms with Gasteiger partial charge in [0, 0.05) is 5.02 Å². The lowest BCUT2D eigenvalue weighted by Gasteiger charge is -2.15. The Labute approximate surface area is 151 Å². The first-order chi connectivity index (χ1) is 12.0. The van der Waals surface area contributed by atoms with Gasteiger partial charge in [0.05, 0.1) is 16.1 Å². The molecule has 11 heteroatoms. The van der Waals surface area contributed by atoms with Crippen LogP contribution in [0.3, 0.4) is 0 Å². The lowest BCUT2D eigenvalue weighted by molar-refractivity contribution is -0.136. The predicted molar refractivity (Wildman–Crippen MR) is 88.4 cm³/mol. The maximum atomic E-state index is 13.1. The standard InChI is InChI=1S/C15H12ClF3N2O4S/c16-9-1-6-13(12(7-9)15(17,18)19)21-26(23,24)11-4-2-10(3-5-11)25-8-14(20)22/h1-7,21H,8H2,(H2,20,22). The summed E-state index contributed by atoms with van der Waals surface area (Å²) in [5, 5.41) is -0.184. The molecule has 0 saturated heterocycles. The monoisotopic (exact) mass is 408 g/mol. The van der Waals surface area contributed by atoms with Gasteiger partial charge in [0.15, 0.2) is 6.61 Å². The largest absolute Gasteiger partial charge is 0.484 e. The molecule has 0 aliphatic heterocycles. The quantitative estimate of drug-likeness (QED) is 0.767. The van der Waals surface area contributed by atoms with Crippen LogP contribution in [0.2, 0.25) is 5.02 Å². The van der Waals surface area contributed by atoms with E-state index in [2.05, 4.69) is 0 Å². The van der Waals surface area contributed by atoms with Crippen LogP contribution in [0.15, 0.2) is 47.4 Å². The second-order valence-corrected chi connectivity index (χ2v) is 7.14. The lowest BCUT2D eigenvalue weighted by atomic mass is 10.2. The Morgan fingerprint density at radius 1 is 1.15 bits per heavy atom. The number of halogens is 4. The Bertz CT molecular complexity index is 915. The molecular formula is C15H12ClF3N2O4S. The summed E-state index contributed by atoms with van der Waals surface area (Å²) in [6.07, 6.45) is -4.80. The van der Waals surface area contributed by atoms with Crippen LogP contribution in [0.1, 0.15) is 5.56 Å². The normalized spacial score (nSPS) is 11.8. The van der Waals surface area contributed by atoms with Crippen molar-refractivity contribution >= 4 is 33.2 Å². The molecule has 1 amide bonds. The van der Waals surface area contributed by atoms with Gasteiger partial charge in [-0.15, -0.1) is 0 Å². The number of rotatable bonds is 6. The minimum atomic E-state index is -4.80. The van der Waals surface area contributed by atoms with E-state index in [4.69, 9.17) is 22.1 Å². The number of sulfonamides is 1. The molecule has 0 unspecified atom stereocenters. The van der Waals surface area contributed by atoms with E-state index < -0.39 is 40.0 Å². The Balaban J connectivity index is 2.28. The van der Waals surface area contributed by atoms with Crippen LogP contribution >= 0.6 is 11.6 Å². The highest BCUT2D eigenvalue weighted by atomic mass is 35.5. The van der Waals surface area contributed by atoms with E-state index in [-0.39, 0.29) is 15.7 Å². The number of alkyl halides is 3. The zero-order valence-corrected chi connectivity index (χ0v) is 14.5. The number of benzene rings is 2. The van der Waals surface area contributed by atoms with Gasteiger partial charge < -0.3 is 10.5 Å². The molecule has 3 N–H and O–H groups in total.